The lowest BCUT2D eigenvalue weighted by atomic mass is 10.1. The third kappa shape index (κ3) is 4.46. The Morgan fingerprint density at radius 3 is 2.33 bits per heavy atom. The van der Waals surface area contributed by atoms with E-state index < -0.39 is 0 Å². The number of hydrogen-bond acceptors (Lipinski definition) is 2. The van der Waals surface area contributed by atoms with E-state index in [2.05, 4.69) is 5.32 Å². The van der Waals surface area contributed by atoms with Crippen LogP contribution in [0.4, 0.5) is 5.69 Å². The van der Waals surface area contributed by atoms with Crippen LogP contribution in [0, 0.1) is 6.92 Å². The van der Waals surface area contributed by atoms with E-state index in [1.165, 1.54) is 5.56 Å². The van der Waals surface area contributed by atoms with Gasteiger partial charge in [0.15, 0.2) is 0 Å². The van der Waals surface area contributed by atoms with E-state index >= 15 is 0 Å². The summed E-state index contributed by atoms with van der Waals surface area (Å²) in [5.41, 5.74) is 2.88. The molecule has 0 atom stereocenters. The highest BCUT2D eigenvalue weighted by Crippen LogP contribution is 2.22. The summed E-state index contributed by atoms with van der Waals surface area (Å²) >= 11 is 0. The molecule has 0 unspecified atom stereocenters. The number of benzene rings is 3. The van der Waals surface area contributed by atoms with Crippen molar-refractivity contribution in [2.75, 3.05) is 5.32 Å². The number of ether oxygens (including phenoxy) is 1. The number of aryl methyl sites for hydroxylation is 1. The largest absolute Gasteiger partial charge is 0.457 e. The summed E-state index contributed by atoms with van der Waals surface area (Å²) in [6.07, 6.45) is 0.305. The molecular weight excluding hydrogens is 298 g/mol. The van der Waals surface area contributed by atoms with Crippen molar-refractivity contribution in [2.24, 2.45) is 0 Å². The molecule has 3 aromatic rings. The molecule has 0 bridgehead atoms. The van der Waals surface area contributed by atoms with Crippen LogP contribution in [-0.4, -0.2) is 5.91 Å². The van der Waals surface area contributed by atoms with Gasteiger partial charge >= 0.3 is 0 Å². The Morgan fingerprint density at radius 1 is 0.875 bits per heavy atom. The van der Waals surface area contributed by atoms with Crippen molar-refractivity contribution in [3.8, 4) is 11.5 Å². The molecule has 3 aromatic carbocycles. The Balaban J connectivity index is 1.63. The molecule has 3 nitrogen and oxygen atoms in total. The van der Waals surface area contributed by atoms with E-state index in [0.717, 1.165) is 22.7 Å². The molecule has 0 radical (unpaired) electrons. The summed E-state index contributed by atoms with van der Waals surface area (Å²) in [6.45, 7) is 2.02. The fourth-order valence-corrected chi connectivity index (χ4v) is 2.37. The van der Waals surface area contributed by atoms with Crippen molar-refractivity contribution >= 4 is 11.6 Å². The summed E-state index contributed by atoms with van der Waals surface area (Å²) < 4.78 is 5.80. The quantitative estimate of drug-likeness (QED) is 0.721. The third-order valence-electron chi connectivity index (χ3n) is 3.58. The number of carbonyl (C=O) groups excluding carboxylic acids is 1. The first-order chi connectivity index (χ1) is 11.7. The lowest BCUT2D eigenvalue weighted by Gasteiger charge is -2.08. The highest BCUT2D eigenvalue weighted by atomic mass is 16.5. The topological polar surface area (TPSA) is 38.3 Å². The molecule has 0 aliphatic heterocycles. The molecule has 120 valence electrons. The Kier molecular flexibility index (Phi) is 4.92. The fraction of sp³-hybridized carbons (Fsp3) is 0.0952. The van der Waals surface area contributed by atoms with Gasteiger partial charge in [0.05, 0.1) is 6.42 Å². The minimum atomic E-state index is -0.0456. The summed E-state index contributed by atoms with van der Waals surface area (Å²) in [4.78, 5) is 12.2. The predicted octanol–water partition coefficient (Wildman–Crippen LogP) is 4.97. The maximum absolute atomic E-state index is 12.2. The molecule has 1 amide bonds. The number of nitrogens with one attached hydrogen (secondary N) is 1. The van der Waals surface area contributed by atoms with Gasteiger partial charge in [-0.3, -0.25) is 4.79 Å². The van der Waals surface area contributed by atoms with Crippen LogP contribution in [0.1, 0.15) is 11.1 Å². The van der Waals surface area contributed by atoms with Crippen LogP contribution >= 0.6 is 0 Å². The Morgan fingerprint density at radius 2 is 1.58 bits per heavy atom. The normalized spacial score (nSPS) is 10.2. The number of anilines is 1. The van der Waals surface area contributed by atoms with Gasteiger partial charge in [-0.15, -0.1) is 0 Å². The first kappa shape index (κ1) is 15.8. The van der Waals surface area contributed by atoms with E-state index in [0.29, 0.717) is 6.42 Å². The van der Waals surface area contributed by atoms with Crippen molar-refractivity contribution in [3.63, 3.8) is 0 Å². The van der Waals surface area contributed by atoms with Gasteiger partial charge in [-0.05, 0) is 48.9 Å². The van der Waals surface area contributed by atoms with Gasteiger partial charge in [-0.2, -0.15) is 0 Å². The highest BCUT2D eigenvalue weighted by Gasteiger charge is 2.06. The maximum Gasteiger partial charge on any atom is 0.228 e. The van der Waals surface area contributed by atoms with E-state index in [1.54, 1.807) is 0 Å². The zero-order chi connectivity index (χ0) is 16.8. The molecule has 0 saturated heterocycles. The summed E-state index contributed by atoms with van der Waals surface area (Å²) in [5, 5.41) is 2.91. The van der Waals surface area contributed by atoms with E-state index in [9.17, 15) is 4.79 Å². The first-order valence-corrected chi connectivity index (χ1v) is 7.87. The number of rotatable bonds is 5. The molecular formula is C21H19NO2. The fourth-order valence-electron chi connectivity index (χ4n) is 2.37. The molecule has 0 saturated carbocycles. The van der Waals surface area contributed by atoms with E-state index in [-0.39, 0.29) is 5.91 Å². The third-order valence-corrected chi connectivity index (χ3v) is 3.58. The van der Waals surface area contributed by atoms with Gasteiger partial charge in [0, 0.05) is 5.69 Å². The zero-order valence-electron chi connectivity index (χ0n) is 13.5. The average Bonchev–Trinajstić information content (AvgIpc) is 2.58. The number of para-hydroxylation sites is 1. The molecule has 0 fully saturated rings. The molecule has 0 aromatic heterocycles. The molecule has 3 heteroatoms. The number of amides is 1. The second-order valence-electron chi connectivity index (χ2n) is 5.65. The van der Waals surface area contributed by atoms with Crippen LogP contribution in [-0.2, 0) is 11.2 Å². The molecule has 0 aliphatic rings. The second-order valence-corrected chi connectivity index (χ2v) is 5.65. The molecule has 0 spiro atoms. The standard InChI is InChI=1S/C21H19NO2/c1-16-10-12-18(13-11-16)22-21(23)15-17-6-5-9-20(14-17)24-19-7-3-2-4-8-19/h2-14H,15H2,1H3,(H,22,23). The van der Waals surface area contributed by atoms with Crippen molar-refractivity contribution in [2.45, 2.75) is 13.3 Å². The van der Waals surface area contributed by atoms with Crippen LogP contribution in [0.5, 0.6) is 11.5 Å². The van der Waals surface area contributed by atoms with Gasteiger partial charge in [-0.1, -0.05) is 48.0 Å². The number of hydrogen-bond donors (Lipinski definition) is 1. The minimum absolute atomic E-state index is 0.0456. The highest BCUT2D eigenvalue weighted by molar-refractivity contribution is 5.92. The van der Waals surface area contributed by atoms with E-state index in [1.807, 2.05) is 85.8 Å². The van der Waals surface area contributed by atoms with Gasteiger partial charge in [0.25, 0.3) is 0 Å². The van der Waals surface area contributed by atoms with Gasteiger partial charge in [-0.25, -0.2) is 0 Å². The van der Waals surface area contributed by atoms with Crippen LogP contribution in [0.2, 0.25) is 0 Å². The van der Waals surface area contributed by atoms with Crippen molar-refractivity contribution < 1.29 is 9.53 Å². The second kappa shape index (κ2) is 7.47. The van der Waals surface area contributed by atoms with Gasteiger partial charge < -0.3 is 10.1 Å². The Labute approximate surface area is 141 Å². The van der Waals surface area contributed by atoms with Crippen LogP contribution < -0.4 is 10.1 Å². The van der Waals surface area contributed by atoms with Crippen LogP contribution in [0.3, 0.4) is 0 Å². The molecule has 3 rings (SSSR count). The molecule has 24 heavy (non-hydrogen) atoms. The average molecular weight is 317 g/mol. The monoisotopic (exact) mass is 317 g/mol. The maximum atomic E-state index is 12.2. The molecule has 0 aliphatic carbocycles. The summed E-state index contributed by atoms with van der Waals surface area (Å²) in [6, 6.07) is 24.9. The first-order valence-electron chi connectivity index (χ1n) is 7.87. The smallest absolute Gasteiger partial charge is 0.228 e. The van der Waals surface area contributed by atoms with E-state index in [4.69, 9.17) is 4.74 Å². The Hall–Kier alpha value is -3.07. The van der Waals surface area contributed by atoms with Crippen LogP contribution in [0.25, 0.3) is 0 Å². The lowest BCUT2D eigenvalue weighted by Crippen LogP contribution is -2.14. The Bertz CT molecular complexity index is 811. The van der Waals surface area contributed by atoms with Crippen LogP contribution in [0.15, 0.2) is 78.9 Å². The van der Waals surface area contributed by atoms with Crippen molar-refractivity contribution in [1.82, 2.24) is 0 Å². The SMILES string of the molecule is Cc1ccc(NC(=O)Cc2cccc(Oc3ccccc3)c2)cc1. The minimum Gasteiger partial charge on any atom is -0.457 e. The van der Waals surface area contributed by atoms with Crippen molar-refractivity contribution in [3.05, 3.63) is 90.0 Å². The summed E-state index contributed by atoms with van der Waals surface area (Å²) in [5.74, 6) is 1.45. The van der Waals surface area contributed by atoms with Crippen molar-refractivity contribution in [1.29, 1.82) is 0 Å². The predicted molar refractivity (Wildman–Crippen MR) is 96.5 cm³/mol. The summed E-state index contributed by atoms with van der Waals surface area (Å²) in [7, 11) is 0. The lowest BCUT2D eigenvalue weighted by molar-refractivity contribution is -0.115. The number of carbonyl (C=O) groups is 1. The van der Waals surface area contributed by atoms with Gasteiger partial charge in [0.2, 0.25) is 5.91 Å². The zero-order valence-corrected chi connectivity index (χ0v) is 13.5. The molecule has 1 N–H and O–H groups in total. The molecule has 0 heterocycles. The van der Waals surface area contributed by atoms with Gasteiger partial charge in [0.1, 0.15) is 11.5 Å².